The van der Waals surface area contributed by atoms with E-state index in [0.717, 1.165) is 11.7 Å². The highest BCUT2D eigenvalue weighted by Gasteiger charge is 2.47. The fraction of sp³-hybridized carbons (Fsp3) is 0.250. The molecule has 0 saturated carbocycles. The van der Waals surface area contributed by atoms with Gasteiger partial charge >= 0.3 is 6.09 Å². The molecule has 0 radical (unpaired) electrons. The molecule has 1 atom stereocenters. The molecule has 2 aromatic heterocycles. The molecule has 1 aromatic carbocycles. The first-order valence-electron chi connectivity index (χ1n) is 7.87. The molecular formula is C16H15FN5O3S+. The number of aliphatic hydroxyl groups excluding tert-OH is 1. The molecule has 26 heavy (non-hydrogen) atoms. The lowest BCUT2D eigenvalue weighted by atomic mass is 10.2. The minimum Gasteiger partial charge on any atom is -0.414 e. The lowest BCUT2D eigenvalue weighted by Crippen LogP contribution is -2.49. The Bertz CT molecular complexity index is 945. The maximum absolute atomic E-state index is 14.8. The van der Waals surface area contributed by atoms with Crippen molar-refractivity contribution in [2.75, 3.05) is 13.2 Å². The van der Waals surface area contributed by atoms with Crippen LogP contribution in [0, 0.1) is 5.82 Å². The number of rotatable bonds is 5. The van der Waals surface area contributed by atoms with Gasteiger partial charge in [0.2, 0.25) is 0 Å². The third-order valence-corrected chi connectivity index (χ3v) is 4.90. The van der Waals surface area contributed by atoms with Gasteiger partial charge in [-0.25, -0.2) is 9.37 Å². The molecule has 0 aliphatic carbocycles. The fourth-order valence-corrected chi connectivity index (χ4v) is 3.48. The maximum Gasteiger partial charge on any atom is 0.521 e. The van der Waals surface area contributed by atoms with Gasteiger partial charge in [-0.05, 0) is 6.07 Å². The van der Waals surface area contributed by atoms with E-state index in [2.05, 4.69) is 13.7 Å². The monoisotopic (exact) mass is 376 g/mol. The number of quaternary nitrogens is 1. The maximum atomic E-state index is 14.8. The van der Waals surface area contributed by atoms with Crippen LogP contribution in [0.3, 0.4) is 0 Å². The van der Waals surface area contributed by atoms with E-state index in [1.54, 1.807) is 24.5 Å². The molecule has 1 aliphatic heterocycles. The van der Waals surface area contributed by atoms with Crippen molar-refractivity contribution in [2.24, 2.45) is 0 Å². The normalized spacial score (nSPS) is 19.7. The van der Waals surface area contributed by atoms with Crippen molar-refractivity contribution >= 4 is 23.5 Å². The Labute approximate surface area is 152 Å². The van der Waals surface area contributed by atoms with Gasteiger partial charge in [0.05, 0.1) is 42.2 Å². The molecule has 1 aliphatic rings. The summed E-state index contributed by atoms with van der Waals surface area (Å²) in [5, 5.41) is 9.11. The molecule has 0 bridgehead atoms. The SMILES string of the molecule is O=C1OCC[N+]1(Cc1cnsn1)c1ccc(-n2cnc(CO)c2)c(F)c1. The zero-order valence-corrected chi connectivity index (χ0v) is 14.4. The van der Waals surface area contributed by atoms with Crippen LogP contribution < -0.4 is 4.48 Å². The number of halogens is 1. The predicted molar refractivity (Wildman–Crippen MR) is 91.1 cm³/mol. The van der Waals surface area contributed by atoms with Crippen LogP contribution in [-0.4, -0.2) is 42.6 Å². The van der Waals surface area contributed by atoms with Gasteiger partial charge in [0.15, 0.2) is 5.82 Å². The minimum atomic E-state index is -0.502. The molecule has 4 rings (SSSR count). The van der Waals surface area contributed by atoms with Crippen LogP contribution >= 0.6 is 11.7 Å². The van der Waals surface area contributed by atoms with Crippen LogP contribution in [0.25, 0.3) is 5.69 Å². The van der Waals surface area contributed by atoms with Gasteiger partial charge in [0, 0.05) is 18.3 Å². The van der Waals surface area contributed by atoms with E-state index in [-0.39, 0.29) is 29.9 Å². The largest absolute Gasteiger partial charge is 0.521 e. The van der Waals surface area contributed by atoms with Crippen LogP contribution in [0.4, 0.5) is 14.9 Å². The highest BCUT2D eigenvalue weighted by molar-refractivity contribution is 6.99. The van der Waals surface area contributed by atoms with E-state index in [1.165, 1.54) is 17.0 Å². The number of hydrogen-bond donors (Lipinski definition) is 1. The lowest BCUT2D eigenvalue weighted by Gasteiger charge is -2.27. The molecule has 134 valence electrons. The van der Waals surface area contributed by atoms with E-state index in [0.29, 0.717) is 23.6 Å². The van der Waals surface area contributed by atoms with Crippen LogP contribution in [0.1, 0.15) is 11.4 Å². The molecule has 1 saturated heterocycles. The smallest absolute Gasteiger partial charge is 0.414 e. The van der Waals surface area contributed by atoms with Crippen LogP contribution in [0.15, 0.2) is 36.9 Å². The van der Waals surface area contributed by atoms with Crippen LogP contribution in [0.5, 0.6) is 0 Å². The predicted octanol–water partition coefficient (Wildman–Crippen LogP) is 2.01. The van der Waals surface area contributed by atoms with E-state index < -0.39 is 11.9 Å². The second-order valence-electron chi connectivity index (χ2n) is 5.93. The number of aliphatic hydroxyl groups is 1. The number of ether oxygens (including phenoxy) is 1. The summed E-state index contributed by atoms with van der Waals surface area (Å²) in [5.41, 5.74) is 1.86. The summed E-state index contributed by atoms with van der Waals surface area (Å²) in [4.78, 5) is 16.5. The van der Waals surface area contributed by atoms with E-state index >= 15 is 0 Å². The summed E-state index contributed by atoms with van der Waals surface area (Å²) < 4.78 is 29.4. The number of amides is 1. The van der Waals surface area contributed by atoms with Crippen LogP contribution in [0.2, 0.25) is 0 Å². The molecule has 3 heterocycles. The molecule has 3 aromatic rings. The van der Waals surface area contributed by atoms with Crippen molar-refractivity contribution in [3.63, 3.8) is 0 Å². The first-order chi connectivity index (χ1) is 12.6. The van der Waals surface area contributed by atoms with Gasteiger partial charge in [0.1, 0.15) is 31.1 Å². The third kappa shape index (κ3) is 2.77. The molecule has 10 heteroatoms. The standard InChI is InChI=1S/C16H15FN5O3S/c17-14-5-13(1-2-15(14)21-7-12(9-23)18-10-21)22(3-4-25-16(22)24)8-11-6-19-26-20-11/h1-2,5-7,10,23H,3-4,8-9H2/q+1. The highest BCUT2D eigenvalue weighted by atomic mass is 32.1. The van der Waals surface area contributed by atoms with E-state index in [1.807, 2.05) is 0 Å². The average Bonchev–Trinajstić information content (AvgIpc) is 3.38. The van der Waals surface area contributed by atoms with Crippen molar-refractivity contribution in [1.29, 1.82) is 0 Å². The number of nitrogens with zero attached hydrogens (tertiary/aromatic N) is 5. The Morgan fingerprint density at radius 1 is 1.38 bits per heavy atom. The average molecular weight is 376 g/mol. The van der Waals surface area contributed by atoms with Gasteiger partial charge in [0.25, 0.3) is 0 Å². The zero-order chi connectivity index (χ0) is 18.1. The van der Waals surface area contributed by atoms with Crippen LogP contribution in [-0.2, 0) is 17.9 Å². The number of aromatic nitrogens is 4. The van der Waals surface area contributed by atoms with E-state index in [4.69, 9.17) is 9.84 Å². The summed E-state index contributed by atoms with van der Waals surface area (Å²) in [6.45, 7) is 0.699. The first-order valence-corrected chi connectivity index (χ1v) is 8.60. The van der Waals surface area contributed by atoms with E-state index in [9.17, 15) is 9.18 Å². The Balaban J connectivity index is 1.73. The Morgan fingerprint density at radius 2 is 2.27 bits per heavy atom. The molecule has 1 unspecified atom stereocenters. The second kappa shape index (κ2) is 6.56. The zero-order valence-electron chi connectivity index (χ0n) is 13.6. The lowest BCUT2D eigenvalue weighted by molar-refractivity contribution is 0.157. The van der Waals surface area contributed by atoms with Gasteiger partial charge in [-0.15, -0.1) is 0 Å². The molecule has 1 fully saturated rings. The Morgan fingerprint density at radius 3 is 2.88 bits per heavy atom. The van der Waals surface area contributed by atoms with Crippen molar-refractivity contribution in [3.8, 4) is 5.69 Å². The van der Waals surface area contributed by atoms with Crippen molar-refractivity contribution < 1.29 is 19.0 Å². The molecule has 1 amide bonds. The highest BCUT2D eigenvalue weighted by Crippen LogP contribution is 2.32. The molecule has 0 spiro atoms. The minimum absolute atomic E-state index is 0.158. The Kier molecular flexibility index (Phi) is 4.23. The summed E-state index contributed by atoms with van der Waals surface area (Å²) >= 11 is 1.06. The fourth-order valence-electron chi connectivity index (χ4n) is 3.05. The summed E-state index contributed by atoms with van der Waals surface area (Å²) in [7, 11) is 0. The number of carbonyl (C=O) groups excluding carboxylic acids is 1. The quantitative estimate of drug-likeness (QED) is 0.685. The third-order valence-electron chi connectivity index (χ3n) is 4.39. The molecular weight excluding hydrogens is 361 g/mol. The van der Waals surface area contributed by atoms with Gasteiger partial charge in [-0.3, -0.25) is 0 Å². The Hall–Kier alpha value is -2.69. The van der Waals surface area contributed by atoms with Crippen molar-refractivity contribution in [3.05, 3.63) is 54.1 Å². The number of imidazole rings is 1. The van der Waals surface area contributed by atoms with Crippen molar-refractivity contribution in [2.45, 2.75) is 13.2 Å². The number of cyclic esters (lactones) is 1. The molecule has 1 N–H and O–H groups in total. The van der Waals surface area contributed by atoms with Gasteiger partial charge in [-0.1, -0.05) is 0 Å². The second-order valence-corrected chi connectivity index (χ2v) is 6.49. The number of benzene rings is 1. The summed E-state index contributed by atoms with van der Waals surface area (Å²) in [6.07, 6.45) is 4.14. The summed E-state index contributed by atoms with van der Waals surface area (Å²) in [6, 6.07) is 4.61. The van der Waals surface area contributed by atoms with Gasteiger partial charge < -0.3 is 14.4 Å². The number of carbonyl (C=O) groups is 1. The van der Waals surface area contributed by atoms with Crippen molar-refractivity contribution in [1.82, 2.24) is 22.8 Å². The van der Waals surface area contributed by atoms with Gasteiger partial charge in [-0.2, -0.15) is 18.0 Å². The number of hydrogen-bond acceptors (Lipinski definition) is 7. The topological polar surface area (TPSA) is 90.1 Å². The summed E-state index contributed by atoms with van der Waals surface area (Å²) in [5.74, 6) is -0.502. The molecule has 8 nitrogen and oxygen atoms in total. The first kappa shape index (κ1) is 16.8.